The Bertz CT molecular complexity index is 567. The SMILES string of the molecule is OC(c1cc(Br)cc(Br)c1)c1cc(Cl)ccc1Cl. The minimum absolute atomic E-state index is 0.489. The van der Waals surface area contributed by atoms with E-state index in [1.165, 1.54) is 0 Å². The van der Waals surface area contributed by atoms with Crippen LogP contribution in [0.2, 0.25) is 10.0 Å². The Kier molecular flexibility index (Phi) is 4.73. The van der Waals surface area contributed by atoms with Crippen LogP contribution in [0.5, 0.6) is 0 Å². The molecule has 0 bridgehead atoms. The van der Waals surface area contributed by atoms with Gasteiger partial charge >= 0.3 is 0 Å². The molecule has 0 saturated carbocycles. The molecule has 0 aromatic heterocycles. The third-order valence-electron chi connectivity index (χ3n) is 2.45. The minimum Gasteiger partial charge on any atom is -0.384 e. The van der Waals surface area contributed by atoms with Crippen LogP contribution < -0.4 is 0 Å². The monoisotopic (exact) mass is 408 g/mol. The van der Waals surface area contributed by atoms with E-state index in [9.17, 15) is 5.11 Å². The van der Waals surface area contributed by atoms with Gasteiger partial charge in [0.1, 0.15) is 6.10 Å². The number of hydrogen-bond donors (Lipinski definition) is 1. The second-order valence-corrected chi connectivity index (χ2v) is 6.45. The van der Waals surface area contributed by atoms with Crippen LogP contribution in [-0.2, 0) is 0 Å². The summed E-state index contributed by atoms with van der Waals surface area (Å²) in [7, 11) is 0. The van der Waals surface area contributed by atoms with Crippen molar-refractivity contribution in [2.24, 2.45) is 0 Å². The first kappa shape index (κ1) is 14.4. The average Bonchev–Trinajstić information content (AvgIpc) is 2.30. The van der Waals surface area contributed by atoms with Crippen LogP contribution in [0.1, 0.15) is 17.2 Å². The molecule has 0 radical (unpaired) electrons. The van der Waals surface area contributed by atoms with Gasteiger partial charge in [-0.25, -0.2) is 0 Å². The predicted molar refractivity (Wildman–Crippen MR) is 82.4 cm³/mol. The van der Waals surface area contributed by atoms with Crippen molar-refractivity contribution in [3.05, 3.63) is 66.5 Å². The van der Waals surface area contributed by atoms with E-state index in [0.717, 1.165) is 14.5 Å². The summed E-state index contributed by atoms with van der Waals surface area (Å²) in [5, 5.41) is 11.4. The summed E-state index contributed by atoms with van der Waals surface area (Å²) in [4.78, 5) is 0. The van der Waals surface area contributed by atoms with Gasteiger partial charge in [-0.15, -0.1) is 0 Å². The number of benzene rings is 2. The average molecular weight is 411 g/mol. The summed E-state index contributed by atoms with van der Waals surface area (Å²) in [6.07, 6.45) is -0.815. The van der Waals surface area contributed by atoms with E-state index in [1.807, 2.05) is 18.2 Å². The Morgan fingerprint density at radius 3 is 2.17 bits per heavy atom. The van der Waals surface area contributed by atoms with E-state index in [-0.39, 0.29) is 0 Å². The Labute approximate surface area is 132 Å². The Hall–Kier alpha value is -0.0600. The minimum atomic E-state index is -0.815. The molecule has 1 N–H and O–H groups in total. The number of aliphatic hydroxyl groups is 1. The lowest BCUT2D eigenvalue weighted by Gasteiger charge is -2.14. The van der Waals surface area contributed by atoms with Crippen molar-refractivity contribution >= 4 is 55.1 Å². The third kappa shape index (κ3) is 3.28. The molecule has 0 spiro atoms. The summed E-state index contributed by atoms with van der Waals surface area (Å²) in [6, 6.07) is 10.6. The normalized spacial score (nSPS) is 12.5. The molecule has 5 heteroatoms. The molecule has 94 valence electrons. The fourth-order valence-electron chi connectivity index (χ4n) is 1.64. The summed E-state index contributed by atoms with van der Waals surface area (Å²) in [6.45, 7) is 0. The molecule has 2 rings (SSSR count). The highest BCUT2D eigenvalue weighted by Crippen LogP contribution is 2.33. The molecule has 0 saturated heterocycles. The maximum absolute atomic E-state index is 10.4. The Balaban J connectivity index is 2.47. The fourth-order valence-corrected chi connectivity index (χ4v) is 3.37. The van der Waals surface area contributed by atoms with Gasteiger partial charge in [-0.3, -0.25) is 0 Å². The van der Waals surface area contributed by atoms with E-state index in [1.54, 1.807) is 18.2 Å². The zero-order valence-corrected chi connectivity index (χ0v) is 13.7. The van der Waals surface area contributed by atoms with E-state index in [0.29, 0.717) is 15.6 Å². The molecule has 1 atom stereocenters. The van der Waals surface area contributed by atoms with Gasteiger partial charge in [0.25, 0.3) is 0 Å². The number of aliphatic hydroxyl groups excluding tert-OH is 1. The van der Waals surface area contributed by atoms with Gasteiger partial charge in [-0.1, -0.05) is 55.1 Å². The van der Waals surface area contributed by atoms with E-state index in [2.05, 4.69) is 31.9 Å². The lowest BCUT2D eigenvalue weighted by atomic mass is 10.0. The van der Waals surface area contributed by atoms with Crippen LogP contribution >= 0.6 is 55.1 Å². The van der Waals surface area contributed by atoms with E-state index >= 15 is 0 Å². The van der Waals surface area contributed by atoms with Gasteiger partial charge in [0.2, 0.25) is 0 Å². The Morgan fingerprint density at radius 1 is 0.944 bits per heavy atom. The summed E-state index contributed by atoms with van der Waals surface area (Å²) in [5.74, 6) is 0. The van der Waals surface area contributed by atoms with Crippen molar-refractivity contribution in [2.75, 3.05) is 0 Å². The molecule has 0 aliphatic heterocycles. The zero-order chi connectivity index (χ0) is 13.3. The van der Waals surface area contributed by atoms with Crippen LogP contribution in [0.4, 0.5) is 0 Å². The molecule has 0 aliphatic rings. The van der Waals surface area contributed by atoms with Crippen LogP contribution in [0.3, 0.4) is 0 Å². The highest BCUT2D eigenvalue weighted by Gasteiger charge is 2.15. The molecule has 0 aliphatic carbocycles. The van der Waals surface area contributed by atoms with Crippen molar-refractivity contribution in [1.29, 1.82) is 0 Å². The van der Waals surface area contributed by atoms with Gasteiger partial charge in [0.05, 0.1) is 0 Å². The standard InChI is InChI=1S/C13H8Br2Cl2O/c14-8-3-7(4-9(15)5-8)13(18)11-6-10(16)1-2-12(11)17/h1-6,13,18H. The Morgan fingerprint density at radius 2 is 1.56 bits per heavy atom. The van der Waals surface area contributed by atoms with Crippen molar-refractivity contribution in [2.45, 2.75) is 6.10 Å². The molecule has 0 amide bonds. The van der Waals surface area contributed by atoms with Crippen molar-refractivity contribution in [3.8, 4) is 0 Å². The highest BCUT2D eigenvalue weighted by atomic mass is 79.9. The summed E-state index contributed by atoms with van der Waals surface area (Å²) < 4.78 is 1.76. The van der Waals surface area contributed by atoms with Gasteiger partial charge in [-0.05, 0) is 42.0 Å². The van der Waals surface area contributed by atoms with Crippen molar-refractivity contribution in [3.63, 3.8) is 0 Å². The molecule has 1 nitrogen and oxygen atoms in total. The second kappa shape index (κ2) is 5.93. The number of rotatable bonds is 2. The second-order valence-electron chi connectivity index (χ2n) is 3.77. The smallest absolute Gasteiger partial charge is 0.106 e. The summed E-state index contributed by atoms with van der Waals surface area (Å²) in [5.41, 5.74) is 1.33. The van der Waals surface area contributed by atoms with Crippen LogP contribution in [0.15, 0.2) is 45.3 Å². The highest BCUT2D eigenvalue weighted by molar-refractivity contribution is 9.11. The first-order chi connectivity index (χ1) is 8.47. The lowest BCUT2D eigenvalue weighted by Crippen LogP contribution is -2.00. The van der Waals surface area contributed by atoms with Crippen molar-refractivity contribution in [1.82, 2.24) is 0 Å². The van der Waals surface area contributed by atoms with Gasteiger partial charge < -0.3 is 5.11 Å². The van der Waals surface area contributed by atoms with Crippen molar-refractivity contribution < 1.29 is 5.11 Å². The third-order valence-corrected chi connectivity index (χ3v) is 3.95. The maximum Gasteiger partial charge on any atom is 0.106 e. The molecule has 2 aromatic carbocycles. The molecular formula is C13H8Br2Cl2O. The molecule has 0 heterocycles. The number of halogens is 4. The maximum atomic E-state index is 10.4. The first-order valence-corrected chi connectivity index (χ1v) is 7.40. The topological polar surface area (TPSA) is 20.2 Å². The summed E-state index contributed by atoms with van der Waals surface area (Å²) >= 11 is 18.8. The molecule has 1 unspecified atom stereocenters. The van der Waals surface area contributed by atoms with Crippen LogP contribution in [-0.4, -0.2) is 5.11 Å². The predicted octanol–water partition coefficient (Wildman–Crippen LogP) is 5.60. The fraction of sp³-hybridized carbons (Fsp3) is 0.0769. The molecule has 2 aromatic rings. The molecular weight excluding hydrogens is 403 g/mol. The van der Waals surface area contributed by atoms with Crippen LogP contribution in [0, 0.1) is 0 Å². The quantitative estimate of drug-likeness (QED) is 0.683. The van der Waals surface area contributed by atoms with E-state index in [4.69, 9.17) is 23.2 Å². The zero-order valence-electron chi connectivity index (χ0n) is 9.00. The molecule has 18 heavy (non-hydrogen) atoms. The largest absolute Gasteiger partial charge is 0.384 e. The lowest BCUT2D eigenvalue weighted by molar-refractivity contribution is 0.220. The van der Waals surface area contributed by atoms with Gasteiger partial charge in [-0.2, -0.15) is 0 Å². The van der Waals surface area contributed by atoms with Crippen LogP contribution in [0.25, 0.3) is 0 Å². The van der Waals surface area contributed by atoms with E-state index < -0.39 is 6.10 Å². The molecule has 0 fully saturated rings. The first-order valence-electron chi connectivity index (χ1n) is 5.06. The van der Waals surface area contributed by atoms with Gasteiger partial charge in [0, 0.05) is 24.6 Å². The van der Waals surface area contributed by atoms with Gasteiger partial charge in [0.15, 0.2) is 0 Å². The number of hydrogen-bond acceptors (Lipinski definition) is 1.